The Labute approximate surface area is 121 Å². The Kier molecular flexibility index (Phi) is 3.35. The minimum absolute atomic E-state index is 0.00115. The van der Waals surface area contributed by atoms with Crippen LogP contribution < -0.4 is 5.32 Å². The Balaban J connectivity index is 1.96. The van der Waals surface area contributed by atoms with E-state index in [1.165, 1.54) is 0 Å². The maximum Gasteiger partial charge on any atom is 0.331 e. The Bertz CT molecular complexity index is 699. The van der Waals surface area contributed by atoms with E-state index in [1.54, 1.807) is 12.1 Å². The molecular weight excluding hydrogens is 270 g/mol. The molecule has 1 heterocycles. The SMILES string of the molecule is O=C(NC1(C(=O)O)CCOC1)c1cccc2ccccc12. The lowest BCUT2D eigenvalue weighted by molar-refractivity contribution is -0.144. The second kappa shape index (κ2) is 5.18. The van der Waals surface area contributed by atoms with Crippen LogP contribution in [0.3, 0.4) is 0 Å². The van der Waals surface area contributed by atoms with E-state index in [9.17, 15) is 14.7 Å². The summed E-state index contributed by atoms with van der Waals surface area (Å²) in [5, 5.41) is 13.8. The van der Waals surface area contributed by atoms with Crippen LogP contribution in [-0.4, -0.2) is 35.7 Å². The molecule has 1 atom stereocenters. The van der Waals surface area contributed by atoms with Crippen molar-refractivity contribution in [1.82, 2.24) is 5.32 Å². The van der Waals surface area contributed by atoms with E-state index in [-0.39, 0.29) is 18.9 Å². The van der Waals surface area contributed by atoms with Gasteiger partial charge >= 0.3 is 5.97 Å². The van der Waals surface area contributed by atoms with Gasteiger partial charge in [-0.3, -0.25) is 4.79 Å². The van der Waals surface area contributed by atoms with E-state index in [0.717, 1.165) is 10.8 Å². The van der Waals surface area contributed by atoms with E-state index in [0.29, 0.717) is 12.2 Å². The van der Waals surface area contributed by atoms with Gasteiger partial charge in [0, 0.05) is 18.6 Å². The molecule has 5 heteroatoms. The predicted octanol–water partition coefficient (Wildman–Crippen LogP) is 1.81. The first kappa shape index (κ1) is 13.6. The van der Waals surface area contributed by atoms with Gasteiger partial charge in [0.2, 0.25) is 0 Å². The lowest BCUT2D eigenvalue weighted by Crippen LogP contribution is -2.55. The van der Waals surface area contributed by atoms with Crippen LogP contribution in [0.1, 0.15) is 16.8 Å². The van der Waals surface area contributed by atoms with Crippen molar-refractivity contribution in [2.24, 2.45) is 0 Å². The van der Waals surface area contributed by atoms with Gasteiger partial charge in [-0.2, -0.15) is 0 Å². The number of aliphatic carboxylic acids is 1. The number of hydrogen-bond donors (Lipinski definition) is 2. The van der Waals surface area contributed by atoms with Gasteiger partial charge in [0.05, 0.1) is 6.61 Å². The van der Waals surface area contributed by atoms with Gasteiger partial charge in [-0.15, -0.1) is 0 Å². The number of carboxylic acid groups (broad SMARTS) is 1. The number of carboxylic acids is 1. The first-order valence-electron chi connectivity index (χ1n) is 6.74. The van der Waals surface area contributed by atoms with E-state index >= 15 is 0 Å². The zero-order valence-corrected chi connectivity index (χ0v) is 11.3. The van der Waals surface area contributed by atoms with Crippen LogP contribution in [0, 0.1) is 0 Å². The number of carbonyl (C=O) groups excluding carboxylic acids is 1. The average molecular weight is 285 g/mol. The quantitative estimate of drug-likeness (QED) is 0.902. The van der Waals surface area contributed by atoms with Gasteiger partial charge in [-0.05, 0) is 16.8 Å². The van der Waals surface area contributed by atoms with Crippen molar-refractivity contribution in [3.05, 3.63) is 48.0 Å². The van der Waals surface area contributed by atoms with Crippen LogP contribution in [0.4, 0.5) is 0 Å². The highest BCUT2D eigenvalue weighted by atomic mass is 16.5. The van der Waals surface area contributed by atoms with Gasteiger partial charge in [0.15, 0.2) is 5.54 Å². The summed E-state index contributed by atoms with van der Waals surface area (Å²) in [6.45, 7) is 0.334. The third-order valence-corrected chi connectivity index (χ3v) is 3.82. The van der Waals surface area contributed by atoms with Crippen LogP contribution in [-0.2, 0) is 9.53 Å². The minimum atomic E-state index is -1.33. The van der Waals surface area contributed by atoms with Gasteiger partial charge < -0.3 is 15.2 Å². The Hall–Kier alpha value is -2.40. The molecule has 21 heavy (non-hydrogen) atoms. The fourth-order valence-corrected chi connectivity index (χ4v) is 2.59. The van der Waals surface area contributed by atoms with Gasteiger partial charge in [0.1, 0.15) is 0 Å². The monoisotopic (exact) mass is 285 g/mol. The molecule has 0 aromatic heterocycles. The van der Waals surface area contributed by atoms with Crippen molar-refractivity contribution in [2.45, 2.75) is 12.0 Å². The molecule has 2 aromatic carbocycles. The minimum Gasteiger partial charge on any atom is -0.479 e. The summed E-state index contributed by atoms with van der Waals surface area (Å²) >= 11 is 0. The third kappa shape index (κ3) is 2.36. The first-order valence-corrected chi connectivity index (χ1v) is 6.74. The van der Waals surface area contributed by atoms with Crippen LogP contribution in [0.2, 0.25) is 0 Å². The molecule has 1 saturated heterocycles. The molecule has 1 amide bonds. The van der Waals surface area contributed by atoms with Crippen molar-refractivity contribution >= 4 is 22.6 Å². The molecule has 2 N–H and O–H groups in total. The maximum absolute atomic E-state index is 12.5. The smallest absolute Gasteiger partial charge is 0.331 e. The molecule has 0 spiro atoms. The van der Waals surface area contributed by atoms with E-state index < -0.39 is 11.5 Å². The van der Waals surface area contributed by atoms with Crippen molar-refractivity contribution in [3.8, 4) is 0 Å². The Morgan fingerprint density at radius 2 is 1.90 bits per heavy atom. The van der Waals surface area contributed by atoms with Crippen LogP contribution >= 0.6 is 0 Å². The molecule has 1 unspecified atom stereocenters. The normalized spacial score (nSPS) is 21.3. The molecule has 0 bridgehead atoms. The molecule has 1 aliphatic rings. The third-order valence-electron chi connectivity index (χ3n) is 3.82. The zero-order chi connectivity index (χ0) is 14.9. The van der Waals surface area contributed by atoms with Crippen molar-refractivity contribution < 1.29 is 19.4 Å². The lowest BCUT2D eigenvalue weighted by atomic mass is 9.97. The topological polar surface area (TPSA) is 75.6 Å². The molecule has 2 aromatic rings. The fourth-order valence-electron chi connectivity index (χ4n) is 2.59. The number of fused-ring (bicyclic) bond motifs is 1. The van der Waals surface area contributed by atoms with Gasteiger partial charge in [-0.25, -0.2) is 4.79 Å². The lowest BCUT2D eigenvalue weighted by Gasteiger charge is -2.24. The molecule has 0 saturated carbocycles. The summed E-state index contributed by atoms with van der Waals surface area (Å²) in [5.74, 6) is -1.45. The number of rotatable bonds is 3. The maximum atomic E-state index is 12.5. The summed E-state index contributed by atoms with van der Waals surface area (Å²) < 4.78 is 5.15. The second-order valence-corrected chi connectivity index (χ2v) is 5.17. The second-order valence-electron chi connectivity index (χ2n) is 5.17. The number of hydrogen-bond acceptors (Lipinski definition) is 3. The molecule has 1 aliphatic heterocycles. The predicted molar refractivity (Wildman–Crippen MR) is 77.2 cm³/mol. The van der Waals surface area contributed by atoms with E-state index in [2.05, 4.69) is 5.32 Å². The van der Waals surface area contributed by atoms with E-state index in [1.807, 2.05) is 30.3 Å². The Morgan fingerprint density at radius 3 is 2.62 bits per heavy atom. The Morgan fingerprint density at radius 1 is 1.14 bits per heavy atom. The highest BCUT2D eigenvalue weighted by Crippen LogP contribution is 2.22. The number of amides is 1. The largest absolute Gasteiger partial charge is 0.479 e. The fraction of sp³-hybridized carbons (Fsp3) is 0.250. The number of benzene rings is 2. The summed E-state index contributed by atoms with van der Waals surface area (Å²) in [6, 6.07) is 12.9. The standard InChI is InChI=1S/C16H15NO4/c18-14(17-16(15(19)20)8-9-21-10-16)13-7-3-5-11-4-1-2-6-12(11)13/h1-7H,8-10H2,(H,17,18)(H,19,20). The zero-order valence-electron chi connectivity index (χ0n) is 11.3. The summed E-state index contributed by atoms with van der Waals surface area (Å²) in [6.07, 6.45) is 0.277. The summed E-state index contributed by atoms with van der Waals surface area (Å²) in [7, 11) is 0. The highest BCUT2D eigenvalue weighted by Gasteiger charge is 2.44. The average Bonchev–Trinajstić information content (AvgIpc) is 2.96. The number of nitrogens with one attached hydrogen (secondary N) is 1. The van der Waals surface area contributed by atoms with Crippen molar-refractivity contribution in [2.75, 3.05) is 13.2 Å². The van der Waals surface area contributed by atoms with E-state index in [4.69, 9.17) is 4.74 Å². The first-order chi connectivity index (χ1) is 10.1. The number of carbonyl (C=O) groups is 2. The van der Waals surface area contributed by atoms with Gasteiger partial charge in [-0.1, -0.05) is 36.4 Å². The summed E-state index contributed by atoms with van der Waals surface area (Å²) in [4.78, 5) is 24.0. The van der Waals surface area contributed by atoms with Crippen molar-refractivity contribution in [3.63, 3.8) is 0 Å². The van der Waals surface area contributed by atoms with Crippen LogP contribution in [0.25, 0.3) is 10.8 Å². The van der Waals surface area contributed by atoms with Crippen molar-refractivity contribution in [1.29, 1.82) is 0 Å². The van der Waals surface area contributed by atoms with Crippen LogP contribution in [0.5, 0.6) is 0 Å². The molecule has 0 aliphatic carbocycles. The number of ether oxygens (including phenoxy) is 1. The molecule has 108 valence electrons. The highest BCUT2D eigenvalue weighted by molar-refractivity contribution is 6.08. The van der Waals surface area contributed by atoms with Gasteiger partial charge in [0.25, 0.3) is 5.91 Å². The molecule has 0 radical (unpaired) electrons. The summed E-state index contributed by atoms with van der Waals surface area (Å²) in [5.41, 5.74) is -0.853. The molecule has 3 rings (SSSR count). The van der Waals surface area contributed by atoms with Crippen LogP contribution in [0.15, 0.2) is 42.5 Å². The molecule has 1 fully saturated rings. The molecule has 5 nitrogen and oxygen atoms in total. The molecular formula is C16H15NO4.